The van der Waals surface area contributed by atoms with E-state index in [1.54, 1.807) is 36.4 Å². The molecule has 1 atom stereocenters. The Hall–Kier alpha value is -3.52. The molecule has 1 aliphatic rings. The lowest BCUT2D eigenvalue weighted by atomic mass is 9.95. The molecule has 0 radical (unpaired) electrons. The number of aliphatic hydroxyl groups excluding tert-OH is 1. The number of Topliss-reactive ketones (excluding diaryl/α,β-unsaturated/α-hetero) is 1. The monoisotopic (exact) mass is 468 g/mol. The number of hydrogen-bond donors (Lipinski definition) is 2. The van der Waals surface area contributed by atoms with E-state index in [1.807, 2.05) is 32.8 Å². The highest BCUT2D eigenvalue weighted by molar-refractivity contribution is 6.46. The highest BCUT2D eigenvalue weighted by Crippen LogP contribution is 2.41. The Morgan fingerprint density at radius 1 is 1.12 bits per heavy atom. The summed E-state index contributed by atoms with van der Waals surface area (Å²) in [5.41, 5.74) is 0.941. The Morgan fingerprint density at radius 2 is 1.79 bits per heavy atom. The predicted octanol–water partition coefficient (Wildman–Crippen LogP) is 3.42. The second-order valence-electron chi connectivity index (χ2n) is 8.96. The average molecular weight is 469 g/mol. The van der Waals surface area contributed by atoms with Crippen molar-refractivity contribution in [3.63, 3.8) is 0 Å². The van der Waals surface area contributed by atoms with Crippen LogP contribution in [0.5, 0.6) is 17.2 Å². The molecule has 2 aromatic rings. The van der Waals surface area contributed by atoms with Crippen LogP contribution in [-0.2, 0) is 9.59 Å². The van der Waals surface area contributed by atoms with Crippen LogP contribution in [0.2, 0.25) is 0 Å². The van der Waals surface area contributed by atoms with E-state index in [0.717, 1.165) is 0 Å². The number of hydrogen-bond acceptors (Lipinski definition) is 7. The van der Waals surface area contributed by atoms with Crippen molar-refractivity contribution in [3.05, 3.63) is 59.2 Å². The van der Waals surface area contributed by atoms with Gasteiger partial charge in [0.2, 0.25) is 0 Å². The lowest BCUT2D eigenvalue weighted by Gasteiger charge is -2.27. The summed E-state index contributed by atoms with van der Waals surface area (Å²) in [6, 6.07) is 10.6. The van der Waals surface area contributed by atoms with Crippen molar-refractivity contribution in [2.24, 2.45) is 5.92 Å². The summed E-state index contributed by atoms with van der Waals surface area (Å²) in [7, 11) is 5.17. The first-order valence-electron chi connectivity index (χ1n) is 11.2. The van der Waals surface area contributed by atoms with Crippen molar-refractivity contribution in [1.82, 2.24) is 9.80 Å². The molecule has 34 heavy (non-hydrogen) atoms. The number of aliphatic hydroxyl groups is 1. The zero-order valence-corrected chi connectivity index (χ0v) is 20.2. The first-order chi connectivity index (χ1) is 16.1. The summed E-state index contributed by atoms with van der Waals surface area (Å²) >= 11 is 0. The molecule has 2 N–H and O–H groups in total. The number of ketones is 1. The maximum atomic E-state index is 13.1. The molecule has 1 heterocycles. The lowest BCUT2D eigenvalue weighted by Crippen LogP contribution is -2.35. The van der Waals surface area contributed by atoms with Crippen molar-refractivity contribution in [2.45, 2.75) is 19.9 Å². The second-order valence-corrected chi connectivity index (χ2v) is 8.96. The number of phenolic OH excluding ortho intramolecular Hbond substituents is 1. The molecule has 3 rings (SSSR count). The van der Waals surface area contributed by atoms with Crippen LogP contribution >= 0.6 is 0 Å². The van der Waals surface area contributed by atoms with Crippen molar-refractivity contribution in [2.75, 3.05) is 40.9 Å². The zero-order chi connectivity index (χ0) is 25.0. The molecule has 0 saturated carbocycles. The van der Waals surface area contributed by atoms with E-state index >= 15 is 0 Å². The van der Waals surface area contributed by atoms with Gasteiger partial charge in [0.15, 0.2) is 11.5 Å². The van der Waals surface area contributed by atoms with Crippen LogP contribution in [0.1, 0.15) is 31.0 Å². The first-order valence-corrected chi connectivity index (χ1v) is 11.2. The molecule has 8 nitrogen and oxygen atoms in total. The summed E-state index contributed by atoms with van der Waals surface area (Å²) in [5.74, 6) is -0.537. The van der Waals surface area contributed by atoms with Gasteiger partial charge in [-0.2, -0.15) is 0 Å². The van der Waals surface area contributed by atoms with E-state index in [1.165, 1.54) is 18.1 Å². The largest absolute Gasteiger partial charge is 0.507 e. The van der Waals surface area contributed by atoms with E-state index in [0.29, 0.717) is 35.9 Å². The van der Waals surface area contributed by atoms with Gasteiger partial charge in [0.05, 0.1) is 25.3 Å². The molecule has 1 unspecified atom stereocenters. The van der Waals surface area contributed by atoms with Crippen LogP contribution in [0, 0.1) is 5.92 Å². The minimum atomic E-state index is -0.827. The van der Waals surface area contributed by atoms with Gasteiger partial charge in [-0.3, -0.25) is 9.59 Å². The third kappa shape index (κ3) is 5.34. The summed E-state index contributed by atoms with van der Waals surface area (Å²) in [6.07, 6.45) is 0. The fourth-order valence-corrected chi connectivity index (χ4v) is 3.76. The fourth-order valence-electron chi connectivity index (χ4n) is 3.76. The third-order valence-electron chi connectivity index (χ3n) is 5.56. The van der Waals surface area contributed by atoms with Gasteiger partial charge in [0, 0.05) is 18.7 Å². The van der Waals surface area contributed by atoms with Gasteiger partial charge in [-0.25, -0.2) is 0 Å². The molecular formula is C26H32N2O6. The number of likely N-dealkylation sites (N-methyl/N-ethyl adjacent to an activating group) is 1. The van der Waals surface area contributed by atoms with E-state index in [4.69, 9.17) is 9.47 Å². The molecule has 0 spiro atoms. The Balaban J connectivity index is 2.07. The quantitative estimate of drug-likeness (QED) is 0.330. The predicted molar refractivity (Wildman–Crippen MR) is 129 cm³/mol. The van der Waals surface area contributed by atoms with Gasteiger partial charge in [0.25, 0.3) is 11.7 Å². The number of ether oxygens (including phenoxy) is 2. The number of rotatable bonds is 9. The molecule has 1 fully saturated rings. The van der Waals surface area contributed by atoms with Crippen LogP contribution in [-0.4, -0.2) is 72.6 Å². The summed E-state index contributed by atoms with van der Waals surface area (Å²) in [5, 5.41) is 21.2. The lowest BCUT2D eigenvalue weighted by molar-refractivity contribution is -0.140. The number of methoxy groups -OCH3 is 1. The van der Waals surface area contributed by atoms with E-state index in [2.05, 4.69) is 0 Å². The maximum Gasteiger partial charge on any atom is 0.295 e. The molecule has 0 aliphatic carbocycles. The number of likely N-dealkylation sites (tertiary alicyclic amines) is 1. The van der Waals surface area contributed by atoms with Crippen LogP contribution in [0.15, 0.2) is 48.0 Å². The Kier molecular flexibility index (Phi) is 7.83. The van der Waals surface area contributed by atoms with Crippen molar-refractivity contribution in [3.8, 4) is 17.2 Å². The summed E-state index contributed by atoms with van der Waals surface area (Å²) in [4.78, 5) is 29.4. The number of carbonyl (C=O) groups excluding carboxylic acids is 2. The number of aromatic hydroxyl groups is 1. The topological polar surface area (TPSA) is 99.5 Å². The number of benzene rings is 2. The Morgan fingerprint density at radius 3 is 2.38 bits per heavy atom. The van der Waals surface area contributed by atoms with Crippen LogP contribution in [0.3, 0.4) is 0 Å². The smallest absolute Gasteiger partial charge is 0.295 e. The van der Waals surface area contributed by atoms with Gasteiger partial charge in [-0.15, -0.1) is 0 Å². The maximum absolute atomic E-state index is 13.1. The van der Waals surface area contributed by atoms with Gasteiger partial charge >= 0.3 is 0 Å². The van der Waals surface area contributed by atoms with Crippen molar-refractivity contribution < 1.29 is 29.3 Å². The third-order valence-corrected chi connectivity index (χ3v) is 5.56. The Bertz CT molecular complexity index is 1080. The minimum absolute atomic E-state index is 0.00709. The highest BCUT2D eigenvalue weighted by atomic mass is 16.5. The molecular weight excluding hydrogens is 436 g/mol. The Labute approximate surface area is 200 Å². The van der Waals surface area contributed by atoms with Gasteiger partial charge < -0.3 is 29.5 Å². The molecule has 182 valence electrons. The molecule has 8 heteroatoms. The van der Waals surface area contributed by atoms with Crippen LogP contribution < -0.4 is 9.47 Å². The SMILES string of the molecule is COc1cc(C2C(=C(O)c3ccc(OCC(C)C)cc3)C(=O)C(=O)N2CCN(C)C)ccc1O. The van der Waals surface area contributed by atoms with E-state index in [9.17, 15) is 19.8 Å². The standard InChI is InChI=1S/C26H32N2O6/c1-16(2)15-34-19-9-6-17(7-10-19)24(30)22-23(18-8-11-20(29)21(14-18)33-5)28(13-12-27(3)4)26(32)25(22)31/h6-11,14,16,23,29-30H,12-13,15H2,1-5H3. The fraction of sp³-hybridized carbons (Fsp3) is 0.385. The van der Waals surface area contributed by atoms with Gasteiger partial charge in [0.1, 0.15) is 11.5 Å². The van der Waals surface area contributed by atoms with Gasteiger partial charge in [-0.1, -0.05) is 19.9 Å². The minimum Gasteiger partial charge on any atom is -0.507 e. The number of amides is 1. The zero-order valence-electron chi connectivity index (χ0n) is 20.2. The molecule has 1 aliphatic heterocycles. The number of carbonyl (C=O) groups is 2. The number of phenols is 1. The number of nitrogens with zero attached hydrogens (tertiary/aromatic N) is 2. The van der Waals surface area contributed by atoms with Crippen molar-refractivity contribution in [1.29, 1.82) is 0 Å². The second kappa shape index (κ2) is 10.6. The van der Waals surface area contributed by atoms with Crippen molar-refractivity contribution >= 4 is 17.4 Å². The summed E-state index contributed by atoms with van der Waals surface area (Å²) < 4.78 is 10.9. The molecule has 2 aromatic carbocycles. The van der Waals surface area contributed by atoms with Gasteiger partial charge in [-0.05, 0) is 62.0 Å². The molecule has 1 saturated heterocycles. The van der Waals surface area contributed by atoms with E-state index in [-0.39, 0.29) is 29.4 Å². The highest BCUT2D eigenvalue weighted by Gasteiger charge is 2.46. The molecule has 1 amide bonds. The first kappa shape index (κ1) is 25.1. The van der Waals surface area contributed by atoms with Crippen LogP contribution in [0.25, 0.3) is 5.76 Å². The van der Waals surface area contributed by atoms with E-state index < -0.39 is 17.7 Å². The normalized spacial score (nSPS) is 17.6. The molecule has 0 bridgehead atoms. The summed E-state index contributed by atoms with van der Waals surface area (Å²) in [6.45, 7) is 5.47. The molecule has 0 aromatic heterocycles. The average Bonchev–Trinajstić information content (AvgIpc) is 3.06. The van der Waals surface area contributed by atoms with Crippen LogP contribution in [0.4, 0.5) is 0 Å².